The third-order valence-corrected chi connectivity index (χ3v) is 6.68. The Morgan fingerprint density at radius 3 is 2.13 bits per heavy atom. The van der Waals surface area contributed by atoms with Crippen LogP contribution in [0.4, 0.5) is 11.4 Å². The van der Waals surface area contributed by atoms with Crippen molar-refractivity contribution in [2.75, 3.05) is 16.8 Å². The van der Waals surface area contributed by atoms with Gasteiger partial charge >= 0.3 is 5.97 Å². The standard InChI is InChI=1S/C24H22N2O5/c27-19(25-17-4-2-1-3-5-17)13-31-24(30)14-8-10-18(11-9-14)26-22(28)20-15-6-7-16(12-15)21(20)23(26)29/h1-5,8-11,15-16,20-21H,6-7,12-13H2,(H,25,27)/t15-,16-,20-,21+/m0/s1. The largest absolute Gasteiger partial charge is 0.452 e. The quantitative estimate of drug-likeness (QED) is 0.595. The summed E-state index contributed by atoms with van der Waals surface area (Å²) in [6.45, 7) is -0.412. The van der Waals surface area contributed by atoms with Gasteiger partial charge in [-0.1, -0.05) is 18.2 Å². The lowest BCUT2D eigenvalue weighted by molar-refractivity contribution is -0.123. The minimum atomic E-state index is -0.649. The molecule has 1 aliphatic heterocycles. The molecule has 1 N–H and O–H groups in total. The highest BCUT2D eigenvalue weighted by molar-refractivity contribution is 6.22. The zero-order valence-corrected chi connectivity index (χ0v) is 16.8. The van der Waals surface area contributed by atoms with Crippen molar-refractivity contribution in [3.05, 3.63) is 60.2 Å². The number of anilines is 2. The Labute approximate surface area is 179 Å². The van der Waals surface area contributed by atoms with E-state index in [0.29, 0.717) is 23.2 Å². The first-order valence-electron chi connectivity index (χ1n) is 10.5. The Morgan fingerprint density at radius 1 is 0.903 bits per heavy atom. The molecule has 2 aromatic rings. The molecule has 2 saturated carbocycles. The van der Waals surface area contributed by atoms with Crippen LogP contribution in [0.25, 0.3) is 0 Å². The summed E-state index contributed by atoms with van der Waals surface area (Å²) in [6, 6.07) is 15.1. The number of para-hydroxylation sites is 1. The van der Waals surface area contributed by atoms with Crippen LogP contribution in [-0.2, 0) is 19.1 Å². The van der Waals surface area contributed by atoms with Crippen LogP contribution in [0.15, 0.2) is 54.6 Å². The number of hydrogen-bond donors (Lipinski definition) is 1. The fourth-order valence-electron chi connectivity index (χ4n) is 5.34. The summed E-state index contributed by atoms with van der Waals surface area (Å²) in [5.74, 6) is -1.03. The molecule has 3 aliphatic rings. The molecule has 158 valence electrons. The normalized spacial score (nSPS) is 26.1. The predicted molar refractivity (Wildman–Crippen MR) is 112 cm³/mol. The maximum absolute atomic E-state index is 12.9. The van der Waals surface area contributed by atoms with Gasteiger partial charge in [0.1, 0.15) is 0 Å². The fraction of sp³-hybridized carbons (Fsp3) is 0.333. The van der Waals surface area contributed by atoms with E-state index in [4.69, 9.17) is 4.74 Å². The molecule has 2 aromatic carbocycles. The molecule has 0 unspecified atom stereocenters. The lowest BCUT2D eigenvalue weighted by Crippen LogP contribution is -2.32. The lowest BCUT2D eigenvalue weighted by atomic mass is 9.81. The van der Waals surface area contributed by atoms with Gasteiger partial charge in [-0.05, 0) is 67.5 Å². The van der Waals surface area contributed by atoms with Gasteiger partial charge in [0.2, 0.25) is 11.8 Å². The molecule has 2 bridgehead atoms. The van der Waals surface area contributed by atoms with Gasteiger partial charge in [0, 0.05) is 5.69 Å². The summed E-state index contributed by atoms with van der Waals surface area (Å²) in [5.41, 5.74) is 1.34. The van der Waals surface area contributed by atoms with Gasteiger partial charge in [0.25, 0.3) is 5.91 Å². The van der Waals surface area contributed by atoms with E-state index in [1.807, 2.05) is 6.07 Å². The number of amides is 3. The minimum absolute atomic E-state index is 0.116. The summed E-state index contributed by atoms with van der Waals surface area (Å²) in [7, 11) is 0. The van der Waals surface area contributed by atoms with Gasteiger partial charge in [-0.2, -0.15) is 0 Å². The van der Waals surface area contributed by atoms with Crippen molar-refractivity contribution >= 4 is 35.1 Å². The summed E-state index contributed by atoms with van der Waals surface area (Å²) in [5, 5.41) is 2.64. The first kappa shape index (κ1) is 19.5. The van der Waals surface area contributed by atoms with Gasteiger partial charge < -0.3 is 10.1 Å². The van der Waals surface area contributed by atoms with Gasteiger partial charge in [-0.15, -0.1) is 0 Å². The lowest BCUT2D eigenvalue weighted by Gasteiger charge is -2.19. The molecule has 0 radical (unpaired) electrons. The highest BCUT2D eigenvalue weighted by atomic mass is 16.5. The Morgan fingerprint density at radius 2 is 1.52 bits per heavy atom. The predicted octanol–water partition coefficient (Wildman–Crippen LogP) is 3.02. The highest BCUT2D eigenvalue weighted by Gasteiger charge is 2.61. The van der Waals surface area contributed by atoms with E-state index in [2.05, 4.69) is 5.32 Å². The number of nitrogens with zero attached hydrogens (tertiary/aromatic N) is 1. The number of carbonyl (C=O) groups is 4. The van der Waals surface area contributed by atoms with E-state index in [1.54, 1.807) is 36.4 Å². The second-order valence-electron chi connectivity index (χ2n) is 8.43. The topological polar surface area (TPSA) is 92.8 Å². The summed E-state index contributed by atoms with van der Waals surface area (Å²) < 4.78 is 5.07. The maximum atomic E-state index is 12.9. The van der Waals surface area contributed by atoms with Crippen molar-refractivity contribution in [1.82, 2.24) is 0 Å². The zero-order valence-electron chi connectivity index (χ0n) is 16.8. The molecule has 2 aliphatic carbocycles. The first-order chi connectivity index (χ1) is 15.0. The minimum Gasteiger partial charge on any atom is -0.452 e. The number of benzene rings is 2. The molecule has 4 atom stereocenters. The average molecular weight is 418 g/mol. The van der Waals surface area contributed by atoms with Crippen molar-refractivity contribution in [2.45, 2.75) is 19.3 Å². The van der Waals surface area contributed by atoms with E-state index in [0.717, 1.165) is 19.3 Å². The van der Waals surface area contributed by atoms with Crippen LogP contribution in [-0.4, -0.2) is 30.3 Å². The second-order valence-corrected chi connectivity index (χ2v) is 8.43. The van der Waals surface area contributed by atoms with Crippen LogP contribution >= 0.6 is 0 Å². The van der Waals surface area contributed by atoms with Crippen molar-refractivity contribution in [2.24, 2.45) is 23.7 Å². The molecule has 3 fully saturated rings. The molecule has 7 heteroatoms. The summed E-state index contributed by atoms with van der Waals surface area (Å²) >= 11 is 0. The number of ether oxygens (including phenoxy) is 1. The first-order valence-corrected chi connectivity index (χ1v) is 10.5. The van der Waals surface area contributed by atoms with E-state index in [1.165, 1.54) is 17.0 Å². The van der Waals surface area contributed by atoms with Gasteiger partial charge in [0.05, 0.1) is 23.1 Å². The molecule has 1 heterocycles. The fourth-order valence-corrected chi connectivity index (χ4v) is 5.34. The molecule has 1 saturated heterocycles. The number of hydrogen-bond acceptors (Lipinski definition) is 5. The van der Waals surface area contributed by atoms with Crippen LogP contribution in [0.5, 0.6) is 0 Å². The maximum Gasteiger partial charge on any atom is 0.338 e. The number of nitrogens with one attached hydrogen (secondary N) is 1. The molecular weight excluding hydrogens is 396 g/mol. The third-order valence-electron chi connectivity index (χ3n) is 6.68. The Kier molecular flexibility index (Phi) is 4.81. The number of rotatable bonds is 5. The van der Waals surface area contributed by atoms with Crippen molar-refractivity contribution < 1.29 is 23.9 Å². The van der Waals surface area contributed by atoms with Crippen molar-refractivity contribution in [3.8, 4) is 0 Å². The van der Waals surface area contributed by atoms with Crippen LogP contribution < -0.4 is 10.2 Å². The molecule has 3 amide bonds. The van der Waals surface area contributed by atoms with Crippen molar-refractivity contribution in [1.29, 1.82) is 0 Å². The molecule has 7 nitrogen and oxygen atoms in total. The van der Waals surface area contributed by atoms with Gasteiger partial charge in [-0.3, -0.25) is 19.3 Å². The molecule has 0 spiro atoms. The summed E-state index contributed by atoms with van der Waals surface area (Å²) in [4.78, 5) is 51.3. The molecular formula is C24H22N2O5. The van der Waals surface area contributed by atoms with Gasteiger partial charge in [0.15, 0.2) is 6.61 Å². The Balaban J connectivity index is 1.21. The van der Waals surface area contributed by atoms with Crippen LogP contribution in [0.3, 0.4) is 0 Å². The number of carbonyl (C=O) groups excluding carboxylic acids is 4. The van der Waals surface area contributed by atoms with Crippen LogP contribution in [0.2, 0.25) is 0 Å². The monoisotopic (exact) mass is 418 g/mol. The SMILES string of the molecule is O=C(COC(=O)c1ccc(N2C(=O)[C@@H]3[C@H]4CC[C@@H](C4)[C@@H]3C2=O)cc1)Nc1ccccc1. The molecule has 31 heavy (non-hydrogen) atoms. The molecule has 5 rings (SSSR count). The zero-order chi connectivity index (χ0) is 21.5. The Bertz CT molecular complexity index is 1020. The van der Waals surface area contributed by atoms with E-state index < -0.39 is 18.5 Å². The number of fused-ring (bicyclic) bond motifs is 5. The van der Waals surface area contributed by atoms with Crippen molar-refractivity contribution in [3.63, 3.8) is 0 Å². The number of imide groups is 1. The second kappa shape index (κ2) is 7.65. The van der Waals surface area contributed by atoms with Gasteiger partial charge in [-0.25, -0.2) is 4.79 Å². The van der Waals surface area contributed by atoms with E-state index in [9.17, 15) is 19.2 Å². The third kappa shape index (κ3) is 3.40. The van der Waals surface area contributed by atoms with Crippen LogP contribution in [0, 0.1) is 23.7 Å². The Hall–Kier alpha value is -3.48. The number of esters is 1. The van der Waals surface area contributed by atoms with E-state index in [-0.39, 0.29) is 29.2 Å². The smallest absolute Gasteiger partial charge is 0.338 e. The average Bonchev–Trinajstić information content (AvgIpc) is 3.47. The van der Waals surface area contributed by atoms with E-state index >= 15 is 0 Å². The van der Waals surface area contributed by atoms with Crippen LogP contribution in [0.1, 0.15) is 29.6 Å². The summed E-state index contributed by atoms with van der Waals surface area (Å²) in [6.07, 6.45) is 3.05. The molecule has 0 aromatic heterocycles. The highest BCUT2D eigenvalue weighted by Crippen LogP contribution is 2.56.